The van der Waals surface area contributed by atoms with Crippen LogP contribution in [-0.4, -0.2) is 69.1 Å². The minimum absolute atomic E-state index is 0.0316. The van der Waals surface area contributed by atoms with Crippen LogP contribution in [0.15, 0.2) is 93.2 Å². The Labute approximate surface area is 273 Å². The normalized spacial score (nSPS) is 18.0. The van der Waals surface area contributed by atoms with Gasteiger partial charge in [-0.3, -0.25) is 10.2 Å². The van der Waals surface area contributed by atoms with Crippen molar-refractivity contribution in [2.24, 2.45) is 4.99 Å². The molecule has 45 heavy (non-hydrogen) atoms. The fraction of sp³-hybridized carbons (Fsp3) is 0.394. The van der Waals surface area contributed by atoms with E-state index in [-0.39, 0.29) is 35.7 Å². The molecule has 0 radical (unpaired) electrons. The van der Waals surface area contributed by atoms with Gasteiger partial charge in [0.25, 0.3) is 5.91 Å². The van der Waals surface area contributed by atoms with Crippen molar-refractivity contribution < 1.29 is 32.5 Å². The number of aliphatic hydroxyl groups is 1. The summed E-state index contributed by atoms with van der Waals surface area (Å²) < 4.78 is 45.3. The van der Waals surface area contributed by atoms with Crippen LogP contribution >= 0.6 is 15.9 Å². The van der Waals surface area contributed by atoms with Gasteiger partial charge in [0.1, 0.15) is 5.75 Å². The lowest BCUT2D eigenvalue weighted by Gasteiger charge is -2.31. The molecule has 10 nitrogen and oxygen atoms in total. The maximum Gasteiger partial charge on any atom is 0.266 e. The number of benzene rings is 3. The fourth-order valence-electron chi connectivity index (χ4n) is 4.80. The van der Waals surface area contributed by atoms with E-state index in [4.69, 9.17) is 24.3 Å². The lowest BCUT2D eigenvalue weighted by Crippen LogP contribution is -2.53. The predicted molar refractivity (Wildman–Crippen MR) is 176 cm³/mol. The van der Waals surface area contributed by atoms with Crippen LogP contribution in [0, 0.1) is 0 Å². The summed E-state index contributed by atoms with van der Waals surface area (Å²) in [7, 11) is -3.76. The van der Waals surface area contributed by atoms with Gasteiger partial charge in [0.15, 0.2) is 21.5 Å². The second-order valence-corrected chi connectivity index (χ2v) is 13.8. The Bertz CT molecular complexity index is 1540. The van der Waals surface area contributed by atoms with Crippen LogP contribution in [0.4, 0.5) is 0 Å². The topological polar surface area (TPSA) is 136 Å². The lowest BCUT2D eigenvalue weighted by atomic mass is 9.85. The third-order valence-electron chi connectivity index (χ3n) is 7.17. The van der Waals surface area contributed by atoms with Crippen LogP contribution in [0.5, 0.6) is 5.75 Å². The molecule has 0 unspecified atom stereocenters. The molecule has 242 valence electrons. The number of hydrogen-bond acceptors (Lipinski definition) is 9. The molecular formula is C33H40BrN3O7S. The molecule has 0 fully saturated rings. The molecule has 12 heteroatoms. The number of sulfone groups is 1. The number of hydrogen-bond donors (Lipinski definition) is 3. The number of aliphatic hydroxyl groups excluding tert-OH is 1. The highest BCUT2D eigenvalue weighted by Crippen LogP contribution is 2.45. The maximum atomic E-state index is 14.2. The fourth-order valence-corrected chi connectivity index (χ4v) is 6.68. The molecule has 2 atom stereocenters. The van der Waals surface area contributed by atoms with Gasteiger partial charge in [0.05, 0.1) is 23.4 Å². The number of hydrazine groups is 1. The summed E-state index contributed by atoms with van der Waals surface area (Å²) in [5.41, 5.74) is 5.35. The second kappa shape index (κ2) is 16.3. The minimum Gasteiger partial charge on any atom is -0.494 e. The molecule has 1 heterocycles. The van der Waals surface area contributed by atoms with Crippen molar-refractivity contribution in [3.05, 3.63) is 94.5 Å². The molecule has 1 aliphatic rings. The Hall–Kier alpha value is -3.29. The quantitative estimate of drug-likeness (QED) is 0.135. The average molecular weight is 703 g/mol. The zero-order valence-electron chi connectivity index (χ0n) is 25.4. The first-order chi connectivity index (χ1) is 21.7. The van der Waals surface area contributed by atoms with Crippen LogP contribution in [0.25, 0.3) is 0 Å². The number of nitrogens with zero attached hydrogens (tertiary/aromatic N) is 1. The van der Waals surface area contributed by atoms with Crippen LogP contribution in [0.1, 0.15) is 50.3 Å². The molecule has 0 saturated heterocycles. The summed E-state index contributed by atoms with van der Waals surface area (Å²) in [5, 5.41) is 9.04. The summed E-state index contributed by atoms with van der Waals surface area (Å²) in [6.07, 6.45) is 0.170. The number of aliphatic imine (C=N–C) groups is 1. The van der Waals surface area contributed by atoms with E-state index in [0.717, 1.165) is 0 Å². The Balaban J connectivity index is 1.69. The van der Waals surface area contributed by atoms with Crippen LogP contribution < -0.4 is 15.6 Å². The van der Waals surface area contributed by atoms with Crippen molar-refractivity contribution in [1.82, 2.24) is 10.9 Å². The molecule has 3 aromatic carbocycles. The summed E-state index contributed by atoms with van der Waals surface area (Å²) in [6, 6.07) is 22.6. The van der Waals surface area contributed by atoms with Crippen molar-refractivity contribution in [2.75, 3.05) is 32.1 Å². The van der Waals surface area contributed by atoms with E-state index < -0.39 is 27.4 Å². The van der Waals surface area contributed by atoms with Crippen LogP contribution in [0.2, 0.25) is 0 Å². The number of nitrogens with one attached hydrogen (secondary N) is 2. The van der Waals surface area contributed by atoms with Gasteiger partial charge in [0.2, 0.25) is 5.90 Å². The van der Waals surface area contributed by atoms with Gasteiger partial charge < -0.3 is 19.3 Å². The number of rotatable bonds is 17. The number of halogens is 1. The highest BCUT2D eigenvalue weighted by atomic mass is 79.9. The minimum atomic E-state index is -3.76. The van der Waals surface area contributed by atoms with Crippen LogP contribution in [0.3, 0.4) is 0 Å². The summed E-state index contributed by atoms with van der Waals surface area (Å²) in [4.78, 5) is 19.2. The van der Waals surface area contributed by atoms with Gasteiger partial charge in [-0.05, 0) is 62.7 Å². The first-order valence-corrected chi connectivity index (χ1v) is 17.4. The van der Waals surface area contributed by atoms with E-state index in [2.05, 4.69) is 26.8 Å². The molecule has 1 amide bonds. The van der Waals surface area contributed by atoms with Gasteiger partial charge in [-0.15, -0.1) is 0 Å². The summed E-state index contributed by atoms with van der Waals surface area (Å²) in [5.74, 6) is -0.0481. The number of carbonyl (C=O) groups excluding carboxylic acids is 1. The molecule has 1 aliphatic heterocycles. The number of ether oxygens (including phenoxy) is 3. The first kappa shape index (κ1) is 34.6. The molecular weight excluding hydrogens is 662 g/mol. The first-order valence-electron chi connectivity index (χ1n) is 14.9. The van der Waals surface area contributed by atoms with Gasteiger partial charge in [-0.2, -0.15) is 0 Å². The van der Waals surface area contributed by atoms with E-state index in [1.807, 2.05) is 38.1 Å². The van der Waals surface area contributed by atoms with E-state index in [0.29, 0.717) is 53.9 Å². The van der Waals surface area contributed by atoms with Crippen molar-refractivity contribution in [2.45, 2.75) is 55.8 Å². The van der Waals surface area contributed by atoms with Gasteiger partial charge in [-0.1, -0.05) is 52.3 Å². The van der Waals surface area contributed by atoms with E-state index in [1.165, 1.54) is 12.1 Å². The summed E-state index contributed by atoms with van der Waals surface area (Å²) >= 11 is 3.60. The zero-order chi connectivity index (χ0) is 32.3. The van der Waals surface area contributed by atoms with E-state index >= 15 is 0 Å². The number of amides is 1. The molecule has 0 aromatic heterocycles. The third kappa shape index (κ3) is 9.14. The van der Waals surface area contributed by atoms with E-state index in [9.17, 15) is 13.2 Å². The van der Waals surface area contributed by atoms with Gasteiger partial charge >= 0.3 is 0 Å². The maximum absolute atomic E-state index is 14.2. The van der Waals surface area contributed by atoms with Gasteiger partial charge in [0, 0.05) is 48.2 Å². The lowest BCUT2D eigenvalue weighted by molar-refractivity contribution is -0.130. The average Bonchev–Trinajstić information content (AvgIpc) is 3.43. The second-order valence-electron chi connectivity index (χ2n) is 10.8. The molecule has 0 spiro atoms. The molecule has 0 aliphatic carbocycles. The Morgan fingerprint density at radius 1 is 1.02 bits per heavy atom. The molecule has 4 rings (SSSR count). The Kier molecular flexibility index (Phi) is 12.5. The SMILES string of the molecule is CC(C)OCCCNNC(=O)[C@@]1(CCS(=O)(=O)c2ccccc2)N=C(c2ccc(OCCCO)cc2)O[C@H]1c1ccccc1Br. The largest absolute Gasteiger partial charge is 0.494 e. The predicted octanol–water partition coefficient (Wildman–Crippen LogP) is 4.77. The van der Waals surface area contributed by atoms with Crippen LogP contribution in [-0.2, 0) is 24.1 Å². The molecule has 0 bridgehead atoms. The zero-order valence-corrected chi connectivity index (χ0v) is 27.8. The van der Waals surface area contributed by atoms with Crippen molar-refractivity contribution in [3.8, 4) is 5.75 Å². The summed E-state index contributed by atoms with van der Waals surface area (Å²) in [6.45, 7) is 5.27. The van der Waals surface area contributed by atoms with Crippen molar-refractivity contribution in [1.29, 1.82) is 0 Å². The van der Waals surface area contributed by atoms with E-state index in [1.54, 1.807) is 42.5 Å². The highest BCUT2D eigenvalue weighted by molar-refractivity contribution is 9.10. The van der Waals surface area contributed by atoms with Gasteiger partial charge in [-0.25, -0.2) is 18.8 Å². The Morgan fingerprint density at radius 2 is 1.73 bits per heavy atom. The third-order valence-corrected chi connectivity index (χ3v) is 9.63. The molecule has 3 N–H and O–H groups in total. The van der Waals surface area contributed by atoms with Crippen molar-refractivity contribution >= 4 is 37.6 Å². The highest BCUT2D eigenvalue weighted by Gasteiger charge is 2.54. The smallest absolute Gasteiger partial charge is 0.266 e. The molecule has 0 saturated carbocycles. The number of carbonyl (C=O) groups is 1. The monoisotopic (exact) mass is 701 g/mol. The molecule has 3 aromatic rings. The standard InChI is InChI=1S/C33H40BrN3O7S/c1-24(2)42-21-8-19-35-37-32(39)33(18-23-45(40,41)27-10-4-3-5-11-27)30(28-12-6-7-13-29(28)34)44-31(36-33)25-14-16-26(17-15-25)43-22-9-20-38/h3-7,10-17,24,30,35,38H,8-9,18-23H2,1-2H3,(H,37,39)/t30-,33-/m0/s1. The Morgan fingerprint density at radius 3 is 2.42 bits per heavy atom. The van der Waals surface area contributed by atoms with Crippen molar-refractivity contribution in [3.63, 3.8) is 0 Å².